The van der Waals surface area contributed by atoms with Crippen molar-refractivity contribution in [3.8, 4) is 0 Å². The molecule has 0 saturated heterocycles. The Bertz CT molecular complexity index is 516. The number of anilines is 1. The van der Waals surface area contributed by atoms with E-state index in [-0.39, 0.29) is 24.4 Å². The maximum Gasteiger partial charge on any atom is 0.285 e. The molecule has 0 fully saturated rings. The molecule has 0 spiro atoms. The van der Waals surface area contributed by atoms with Crippen molar-refractivity contribution in [1.29, 1.82) is 0 Å². The Morgan fingerprint density at radius 1 is 1.50 bits per heavy atom. The highest BCUT2D eigenvalue weighted by atomic mass is 19.1. The van der Waals surface area contributed by atoms with Gasteiger partial charge in [-0.2, -0.15) is 0 Å². The molecule has 1 amide bonds. The predicted molar refractivity (Wildman–Crippen MR) is 70.7 cm³/mol. The molecular formula is C12H16FN3O4. The van der Waals surface area contributed by atoms with Crippen molar-refractivity contribution >= 4 is 17.3 Å². The van der Waals surface area contributed by atoms with E-state index in [0.29, 0.717) is 19.0 Å². The molecule has 110 valence electrons. The van der Waals surface area contributed by atoms with Crippen LogP contribution in [0.25, 0.3) is 0 Å². The van der Waals surface area contributed by atoms with Gasteiger partial charge in [-0.3, -0.25) is 14.9 Å². The number of hydrogen-bond acceptors (Lipinski definition) is 5. The number of nitro benzene ring substituents is 1. The zero-order valence-electron chi connectivity index (χ0n) is 11.0. The van der Waals surface area contributed by atoms with Crippen LogP contribution in [-0.2, 0) is 0 Å². The first kappa shape index (κ1) is 15.8. The number of aliphatic hydroxyl groups excluding tert-OH is 1. The van der Waals surface area contributed by atoms with Crippen LogP contribution < -0.4 is 5.73 Å². The summed E-state index contributed by atoms with van der Waals surface area (Å²) in [6.45, 7) is 1.93. The molecule has 0 aliphatic rings. The fraction of sp³-hybridized carbons (Fsp3) is 0.417. The summed E-state index contributed by atoms with van der Waals surface area (Å²) in [7, 11) is 0. The molecule has 8 heteroatoms. The molecule has 0 unspecified atom stereocenters. The van der Waals surface area contributed by atoms with Gasteiger partial charge in [0.1, 0.15) is 5.56 Å². The van der Waals surface area contributed by atoms with Gasteiger partial charge < -0.3 is 15.7 Å². The van der Waals surface area contributed by atoms with Gasteiger partial charge in [-0.05, 0) is 12.5 Å². The Kier molecular flexibility index (Phi) is 5.39. The number of carbonyl (C=O) groups excluding carboxylic acids is 1. The monoisotopic (exact) mass is 285 g/mol. The van der Waals surface area contributed by atoms with Crippen LogP contribution in [0.3, 0.4) is 0 Å². The SMILES string of the molecule is CCCN(CCO)C(=O)c1cc(N)c(F)cc1[N+](=O)[O-]. The highest BCUT2D eigenvalue weighted by Gasteiger charge is 2.26. The van der Waals surface area contributed by atoms with Crippen LogP contribution in [0.1, 0.15) is 23.7 Å². The van der Waals surface area contributed by atoms with Gasteiger partial charge in [0.15, 0.2) is 5.82 Å². The van der Waals surface area contributed by atoms with Gasteiger partial charge in [-0.25, -0.2) is 4.39 Å². The number of nitrogen functional groups attached to an aromatic ring is 1. The van der Waals surface area contributed by atoms with Crippen molar-refractivity contribution < 1.29 is 19.2 Å². The molecule has 0 aromatic heterocycles. The Morgan fingerprint density at radius 2 is 2.15 bits per heavy atom. The standard InChI is InChI=1S/C12H16FN3O4/c1-2-3-15(4-5-17)12(18)8-6-10(14)9(13)7-11(8)16(19)20/h6-7,17H,2-5,14H2,1H3. The van der Waals surface area contributed by atoms with E-state index in [1.54, 1.807) is 0 Å². The van der Waals surface area contributed by atoms with Crippen LogP contribution in [0, 0.1) is 15.9 Å². The van der Waals surface area contributed by atoms with Crippen molar-refractivity contribution in [2.24, 2.45) is 0 Å². The Hall–Kier alpha value is -2.22. The van der Waals surface area contributed by atoms with Crippen molar-refractivity contribution in [2.75, 3.05) is 25.4 Å². The molecule has 0 heterocycles. The number of halogens is 1. The van der Waals surface area contributed by atoms with Gasteiger partial charge >= 0.3 is 0 Å². The van der Waals surface area contributed by atoms with Crippen molar-refractivity contribution in [2.45, 2.75) is 13.3 Å². The van der Waals surface area contributed by atoms with Crippen LogP contribution in [0.5, 0.6) is 0 Å². The number of nitrogens with zero attached hydrogens (tertiary/aromatic N) is 2. The zero-order valence-corrected chi connectivity index (χ0v) is 11.0. The number of hydrogen-bond donors (Lipinski definition) is 2. The second-order valence-corrected chi connectivity index (χ2v) is 4.16. The van der Waals surface area contributed by atoms with Gasteiger partial charge in [0, 0.05) is 13.1 Å². The highest BCUT2D eigenvalue weighted by Crippen LogP contribution is 2.25. The number of benzene rings is 1. The lowest BCUT2D eigenvalue weighted by molar-refractivity contribution is -0.385. The largest absolute Gasteiger partial charge is 0.396 e. The molecular weight excluding hydrogens is 269 g/mol. The van der Waals surface area contributed by atoms with Crippen molar-refractivity contribution in [3.63, 3.8) is 0 Å². The molecule has 3 N–H and O–H groups in total. The van der Waals surface area contributed by atoms with Crippen LogP contribution in [0.15, 0.2) is 12.1 Å². The molecule has 7 nitrogen and oxygen atoms in total. The lowest BCUT2D eigenvalue weighted by Gasteiger charge is -2.21. The van der Waals surface area contributed by atoms with Crippen LogP contribution in [0.4, 0.5) is 15.8 Å². The molecule has 1 aromatic rings. The van der Waals surface area contributed by atoms with E-state index in [4.69, 9.17) is 10.8 Å². The molecule has 0 radical (unpaired) electrons. The van der Waals surface area contributed by atoms with E-state index in [9.17, 15) is 19.3 Å². The summed E-state index contributed by atoms with van der Waals surface area (Å²) < 4.78 is 13.3. The van der Waals surface area contributed by atoms with E-state index < -0.39 is 22.3 Å². The fourth-order valence-electron chi connectivity index (χ4n) is 1.78. The molecule has 0 bridgehead atoms. The fourth-order valence-corrected chi connectivity index (χ4v) is 1.78. The third kappa shape index (κ3) is 3.41. The lowest BCUT2D eigenvalue weighted by atomic mass is 10.1. The summed E-state index contributed by atoms with van der Waals surface area (Å²) in [5.41, 5.74) is 4.10. The van der Waals surface area contributed by atoms with E-state index >= 15 is 0 Å². The Balaban J connectivity index is 3.25. The minimum atomic E-state index is -0.947. The molecule has 1 aromatic carbocycles. The van der Waals surface area contributed by atoms with Gasteiger partial charge in [-0.1, -0.05) is 6.92 Å². The number of nitro groups is 1. The van der Waals surface area contributed by atoms with E-state index in [0.717, 1.165) is 6.07 Å². The zero-order chi connectivity index (χ0) is 15.3. The maximum absolute atomic E-state index is 13.3. The second kappa shape index (κ2) is 6.80. The Morgan fingerprint density at radius 3 is 2.65 bits per heavy atom. The summed E-state index contributed by atoms with van der Waals surface area (Å²) >= 11 is 0. The molecule has 0 atom stereocenters. The summed E-state index contributed by atoms with van der Waals surface area (Å²) in [6, 6.07) is 1.58. The number of amides is 1. The normalized spacial score (nSPS) is 10.3. The Labute approximate surface area is 114 Å². The highest BCUT2D eigenvalue weighted by molar-refractivity contribution is 5.99. The smallest absolute Gasteiger partial charge is 0.285 e. The minimum Gasteiger partial charge on any atom is -0.396 e. The van der Waals surface area contributed by atoms with E-state index in [2.05, 4.69) is 0 Å². The number of carbonyl (C=O) groups is 1. The van der Waals surface area contributed by atoms with Crippen LogP contribution >= 0.6 is 0 Å². The van der Waals surface area contributed by atoms with E-state index in [1.165, 1.54) is 4.90 Å². The first-order chi connectivity index (χ1) is 9.42. The average Bonchev–Trinajstić information content (AvgIpc) is 2.40. The predicted octanol–water partition coefficient (Wildman–Crippen LogP) is 1.16. The van der Waals surface area contributed by atoms with Crippen LogP contribution in [-0.4, -0.2) is 40.5 Å². The minimum absolute atomic E-state index is 0.0428. The third-order valence-corrected chi connectivity index (χ3v) is 2.69. The van der Waals surface area contributed by atoms with Gasteiger partial charge in [0.2, 0.25) is 0 Å². The topological polar surface area (TPSA) is 110 Å². The third-order valence-electron chi connectivity index (χ3n) is 2.69. The van der Waals surface area contributed by atoms with Crippen molar-refractivity contribution in [1.82, 2.24) is 4.90 Å². The first-order valence-corrected chi connectivity index (χ1v) is 6.05. The molecule has 0 saturated carbocycles. The van der Waals surface area contributed by atoms with Crippen molar-refractivity contribution in [3.05, 3.63) is 33.6 Å². The van der Waals surface area contributed by atoms with E-state index in [1.807, 2.05) is 6.92 Å². The molecule has 1 rings (SSSR count). The molecule has 0 aliphatic heterocycles. The average molecular weight is 285 g/mol. The van der Waals surface area contributed by atoms with Crippen LogP contribution in [0.2, 0.25) is 0 Å². The van der Waals surface area contributed by atoms with Gasteiger partial charge in [0.05, 0.1) is 23.3 Å². The quantitative estimate of drug-likeness (QED) is 0.463. The van der Waals surface area contributed by atoms with Gasteiger partial charge in [-0.15, -0.1) is 0 Å². The number of nitrogens with two attached hydrogens (primary N) is 1. The summed E-state index contributed by atoms with van der Waals surface area (Å²) in [4.78, 5) is 23.6. The summed E-state index contributed by atoms with van der Waals surface area (Å²) in [5.74, 6) is -1.60. The maximum atomic E-state index is 13.3. The molecule has 20 heavy (non-hydrogen) atoms. The lowest BCUT2D eigenvalue weighted by Crippen LogP contribution is -2.34. The number of aliphatic hydroxyl groups is 1. The first-order valence-electron chi connectivity index (χ1n) is 6.05. The number of rotatable bonds is 6. The molecule has 0 aliphatic carbocycles. The summed E-state index contributed by atoms with van der Waals surface area (Å²) in [6.07, 6.45) is 0.621. The second-order valence-electron chi connectivity index (χ2n) is 4.16. The van der Waals surface area contributed by atoms with Gasteiger partial charge in [0.25, 0.3) is 11.6 Å². The summed E-state index contributed by atoms with van der Waals surface area (Å²) in [5, 5.41) is 19.8.